The number of amides is 1. The molecule has 10 nitrogen and oxygen atoms in total. The van der Waals surface area contributed by atoms with Crippen molar-refractivity contribution in [1.82, 2.24) is 4.90 Å². The van der Waals surface area contributed by atoms with Crippen LogP contribution >= 0.6 is 0 Å². The standard InChI is InChI=1S/C29H28N2O8/c1-31-12-11-16-19(14-5-7-15(8-6-14)28(30)32)26-27(38-13-37-26)25(36-4)20(16)22(31)23-17-9-10-18(34-2)24(35-3)21(17)29(33)39-23/h5-10,22-23H,11-13H2,1-4H3,(H2,30,32)/t22-,23+/m1/s1. The van der Waals surface area contributed by atoms with Crippen LogP contribution < -0.4 is 29.4 Å². The number of primary amides is 1. The van der Waals surface area contributed by atoms with E-state index in [1.54, 1.807) is 25.3 Å². The van der Waals surface area contributed by atoms with Crippen molar-refractivity contribution in [1.29, 1.82) is 0 Å². The largest absolute Gasteiger partial charge is 0.493 e. The first-order valence-electron chi connectivity index (χ1n) is 12.5. The number of fused-ring (bicyclic) bond motifs is 3. The van der Waals surface area contributed by atoms with E-state index in [-0.39, 0.29) is 6.79 Å². The van der Waals surface area contributed by atoms with Crippen molar-refractivity contribution >= 4 is 11.9 Å². The second-order valence-electron chi connectivity index (χ2n) is 9.57. The Kier molecular flexibility index (Phi) is 5.99. The van der Waals surface area contributed by atoms with Crippen LogP contribution in [-0.2, 0) is 11.2 Å². The molecule has 0 radical (unpaired) electrons. The van der Waals surface area contributed by atoms with Crippen LogP contribution in [0.1, 0.15) is 49.6 Å². The fraction of sp³-hybridized carbons (Fsp3) is 0.310. The van der Waals surface area contributed by atoms with Crippen LogP contribution in [0.5, 0.6) is 28.7 Å². The van der Waals surface area contributed by atoms with Crippen molar-refractivity contribution in [2.75, 3.05) is 41.7 Å². The van der Waals surface area contributed by atoms with Gasteiger partial charge in [-0.3, -0.25) is 9.69 Å². The van der Waals surface area contributed by atoms with Gasteiger partial charge in [0.2, 0.25) is 18.4 Å². The van der Waals surface area contributed by atoms with E-state index in [1.807, 2.05) is 25.2 Å². The second-order valence-corrected chi connectivity index (χ2v) is 9.57. The first-order valence-corrected chi connectivity index (χ1v) is 12.5. The van der Waals surface area contributed by atoms with E-state index in [4.69, 9.17) is 34.2 Å². The average Bonchev–Trinajstić information content (AvgIpc) is 3.56. The minimum absolute atomic E-state index is 0.0414. The van der Waals surface area contributed by atoms with E-state index in [1.165, 1.54) is 14.2 Å². The van der Waals surface area contributed by atoms with Crippen LogP contribution in [0.4, 0.5) is 0 Å². The monoisotopic (exact) mass is 532 g/mol. The highest BCUT2D eigenvalue weighted by atomic mass is 16.7. The van der Waals surface area contributed by atoms with Crippen molar-refractivity contribution in [3.05, 3.63) is 64.2 Å². The maximum absolute atomic E-state index is 13.2. The molecular weight excluding hydrogens is 504 g/mol. The van der Waals surface area contributed by atoms with Crippen molar-refractivity contribution < 1.29 is 38.0 Å². The van der Waals surface area contributed by atoms with Gasteiger partial charge in [-0.05, 0) is 42.8 Å². The molecule has 0 aliphatic carbocycles. The highest BCUT2D eigenvalue weighted by Crippen LogP contribution is 2.58. The normalized spacial score (nSPS) is 19.2. The topological polar surface area (TPSA) is 119 Å². The lowest BCUT2D eigenvalue weighted by atomic mass is 9.81. The number of hydrogen-bond acceptors (Lipinski definition) is 9. The molecule has 3 aromatic carbocycles. The van der Waals surface area contributed by atoms with Gasteiger partial charge in [-0.2, -0.15) is 0 Å². The Labute approximate surface area is 225 Å². The van der Waals surface area contributed by atoms with E-state index in [9.17, 15) is 9.59 Å². The number of carbonyl (C=O) groups is 2. The summed E-state index contributed by atoms with van der Waals surface area (Å²) in [6.07, 6.45) is 0.0394. The Morgan fingerprint density at radius 2 is 1.67 bits per heavy atom. The zero-order chi connectivity index (χ0) is 27.4. The highest BCUT2D eigenvalue weighted by Gasteiger charge is 2.47. The summed E-state index contributed by atoms with van der Waals surface area (Å²) in [5, 5.41) is 0. The van der Waals surface area contributed by atoms with Crippen molar-refractivity contribution in [2.45, 2.75) is 18.6 Å². The molecule has 1 amide bonds. The second kappa shape index (κ2) is 9.39. The molecule has 2 N–H and O–H groups in total. The lowest BCUT2D eigenvalue weighted by Gasteiger charge is -2.39. The SMILES string of the molecule is COc1ccc2c(c1OC)C(=O)O[C@@H]2[C@H]1c2c(c(-c3ccc(C(N)=O)cc3)c3c(c2OC)OCO3)CCN1C. The fourth-order valence-corrected chi connectivity index (χ4v) is 5.94. The molecule has 0 unspecified atom stereocenters. The summed E-state index contributed by atoms with van der Waals surface area (Å²) < 4.78 is 34.9. The molecule has 0 saturated heterocycles. The van der Waals surface area contributed by atoms with Crippen LogP contribution in [0.15, 0.2) is 36.4 Å². The molecule has 0 bridgehead atoms. The van der Waals surface area contributed by atoms with Crippen LogP contribution in [0, 0.1) is 0 Å². The number of benzene rings is 3. The van der Waals surface area contributed by atoms with E-state index in [0.717, 1.165) is 22.3 Å². The molecule has 10 heteroatoms. The Hall–Kier alpha value is -4.44. The Balaban J connectivity index is 1.58. The quantitative estimate of drug-likeness (QED) is 0.475. The van der Waals surface area contributed by atoms with Gasteiger partial charge in [0.15, 0.2) is 23.0 Å². The molecule has 202 valence electrons. The number of carbonyl (C=O) groups excluding carboxylic acids is 2. The average molecular weight is 533 g/mol. The summed E-state index contributed by atoms with van der Waals surface area (Å²) in [6.45, 7) is 0.725. The summed E-state index contributed by atoms with van der Waals surface area (Å²) in [7, 11) is 6.61. The smallest absolute Gasteiger partial charge is 0.343 e. The Morgan fingerprint density at radius 3 is 2.33 bits per heavy atom. The summed E-state index contributed by atoms with van der Waals surface area (Å²) in [6, 6.07) is 10.3. The van der Waals surface area contributed by atoms with Crippen molar-refractivity contribution in [2.24, 2.45) is 5.73 Å². The number of rotatable bonds is 6. The molecule has 0 fully saturated rings. The maximum Gasteiger partial charge on any atom is 0.343 e. The maximum atomic E-state index is 13.2. The molecule has 3 aromatic rings. The van der Waals surface area contributed by atoms with Gasteiger partial charge >= 0.3 is 5.97 Å². The molecule has 6 rings (SSSR count). The van der Waals surface area contributed by atoms with Gasteiger partial charge in [0, 0.05) is 28.8 Å². The van der Waals surface area contributed by atoms with Gasteiger partial charge in [0.05, 0.1) is 27.4 Å². The van der Waals surface area contributed by atoms with Gasteiger partial charge in [-0.25, -0.2) is 4.79 Å². The third-order valence-electron chi connectivity index (χ3n) is 7.67. The predicted molar refractivity (Wildman–Crippen MR) is 140 cm³/mol. The first kappa shape index (κ1) is 24.9. The zero-order valence-electron chi connectivity index (χ0n) is 22.0. The van der Waals surface area contributed by atoms with Gasteiger partial charge < -0.3 is 34.2 Å². The van der Waals surface area contributed by atoms with E-state index < -0.39 is 24.0 Å². The van der Waals surface area contributed by atoms with Gasteiger partial charge in [0.1, 0.15) is 11.7 Å². The van der Waals surface area contributed by atoms with Crippen LogP contribution in [0.3, 0.4) is 0 Å². The minimum atomic E-state index is -0.643. The third kappa shape index (κ3) is 3.66. The number of hydrogen-bond donors (Lipinski definition) is 1. The molecule has 0 aromatic heterocycles. The Morgan fingerprint density at radius 1 is 0.949 bits per heavy atom. The summed E-state index contributed by atoms with van der Waals surface area (Å²) in [5.41, 5.74) is 10.5. The van der Waals surface area contributed by atoms with E-state index >= 15 is 0 Å². The van der Waals surface area contributed by atoms with Crippen molar-refractivity contribution in [3.8, 4) is 39.9 Å². The van der Waals surface area contributed by atoms with Gasteiger partial charge in [-0.15, -0.1) is 0 Å². The summed E-state index contributed by atoms with van der Waals surface area (Å²) in [5.74, 6) is 1.42. The lowest BCUT2D eigenvalue weighted by molar-refractivity contribution is 0.00877. The number of methoxy groups -OCH3 is 3. The zero-order valence-corrected chi connectivity index (χ0v) is 22.0. The van der Waals surface area contributed by atoms with Crippen molar-refractivity contribution in [3.63, 3.8) is 0 Å². The van der Waals surface area contributed by atoms with Gasteiger partial charge in [-0.1, -0.05) is 18.2 Å². The first-order chi connectivity index (χ1) is 18.9. The van der Waals surface area contributed by atoms with Crippen LogP contribution in [0.25, 0.3) is 11.1 Å². The molecule has 39 heavy (non-hydrogen) atoms. The molecular formula is C29H28N2O8. The molecule has 3 aliphatic rings. The molecule has 2 atom stereocenters. The molecule has 3 heterocycles. The third-order valence-corrected chi connectivity index (χ3v) is 7.67. The van der Waals surface area contributed by atoms with Crippen LogP contribution in [-0.4, -0.2) is 58.5 Å². The van der Waals surface area contributed by atoms with E-state index in [2.05, 4.69) is 4.90 Å². The summed E-state index contributed by atoms with van der Waals surface area (Å²) in [4.78, 5) is 27.1. The number of nitrogens with zero attached hydrogens (tertiary/aromatic N) is 1. The van der Waals surface area contributed by atoms with Gasteiger partial charge in [0.25, 0.3) is 0 Å². The number of nitrogens with two attached hydrogens (primary N) is 1. The number of ether oxygens (including phenoxy) is 6. The Bertz CT molecular complexity index is 1500. The van der Waals surface area contributed by atoms with E-state index in [0.29, 0.717) is 58.4 Å². The predicted octanol–water partition coefficient (Wildman–Crippen LogP) is 3.65. The molecule has 0 saturated carbocycles. The van der Waals surface area contributed by atoms with Crippen LogP contribution in [0.2, 0.25) is 0 Å². The summed E-state index contributed by atoms with van der Waals surface area (Å²) >= 11 is 0. The number of likely N-dealkylation sites (N-methyl/N-ethyl adjacent to an activating group) is 1. The minimum Gasteiger partial charge on any atom is -0.493 e. The number of cyclic esters (lactones) is 1. The molecule has 3 aliphatic heterocycles. The lowest BCUT2D eigenvalue weighted by Crippen LogP contribution is -2.36. The molecule has 0 spiro atoms. The fourth-order valence-electron chi connectivity index (χ4n) is 5.94. The number of esters is 1. The highest BCUT2D eigenvalue weighted by molar-refractivity contribution is 5.98.